The number of aromatic nitrogens is 3. The lowest BCUT2D eigenvalue weighted by molar-refractivity contribution is 0.0934. The zero-order chi connectivity index (χ0) is 17.9. The molecule has 1 fully saturated rings. The molecule has 1 unspecified atom stereocenters. The van der Waals surface area contributed by atoms with Gasteiger partial charge in [-0.3, -0.25) is 4.79 Å². The first-order valence-electron chi connectivity index (χ1n) is 9.13. The van der Waals surface area contributed by atoms with Crippen molar-refractivity contribution in [3.8, 4) is 0 Å². The zero-order valence-electron chi connectivity index (χ0n) is 14.9. The highest BCUT2D eigenvalue weighted by Gasteiger charge is 2.20. The quantitative estimate of drug-likeness (QED) is 0.760. The first kappa shape index (κ1) is 16.7. The van der Waals surface area contributed by atoms with Gasteiger partial charge in [-0.05, 0) is 55.3 Å². The Kier molecular flexibility index (Phi) is 4.67. The second-order valence-corrected chi connectivity index (χ2v) is 6.87. The number of piperidine rings is 1. The molecule has 1 aromatic heterocycles. The van der Waals surface area contributed by atoms with Crippen molar-refractivity contribution in [2.24, 2.45) is 0 Å². The van der Waals surface area contributed by atoms with Crippen molar-refractivity contribution in [3.63, 3.8) is 0 Å². The molecule has 0 bridgehead atoms. The molecule has 0 aliphatic carbocycles. The molecule has 2 aromatic carbocycles. The van der Waals surface area contributed by atoms with E-state index in [2.05, 4.69) is 51.3 Å². The molecule has 1 amide bonds. The summed E-state index contributed by atoms with van der Waals surface area (Å²) in [5.41, 5.74) is 1.44. The van der Waals surface area contributed by atoms with Crippen LogP contribution < -0.4 is 10.6 Å². The van der Waals surface area contributed by atoms with Crippen LogP contribution in [0.15, 0.2) is 48.7 Å². The van der Waals surface area contributed by atoms with Crippen LogP contribution in [0.1, 0.15) is 47.9 Å². The van der Waals surface area contributed by atoms with E-state index in [-0.39, 0.29) is 11.9 Å². The summed E-state index contributed by atoms with van der Waals surface area (Å²) in [6.07, 6.45) is 3.79. The van der Waals surface area contributed by atoms with Crippen molar-refractivity contribution in [3.05, 3.63) is 59.9 Å². The number of hydrogen-bond acceptors (Lipinski definition) is 4. The summed E-state index contributed by atoms with van der Waals surface area (Å²) in [5, 5.41) is 16.9. The van der Waals surface area contributed by atoms with Crippen LogP contribution in [0.2, 0.25) is 0 Å². The van der Waals surface area contributed by atoms with E-state index in [9.17, 15) is 4.79 Å². The maximum atomic E-state index is 12.5. The van der Waals surface area contributed by atoms with Crippen molar-refractivity contribution in [1.82, 2.24) is 25.6 Å². The molecule has 0 saturated carbocycles. The molecular formula is C20H23N5O. The highest BCUT2D eigenvalue weighted by Crippen LogP contribution is 2.21. The van der Waals surface area contributed by atoms with E-state index in [4.69, 9.17) is 0 Å². The zero-order valence-corrected chi connectivity index (χ0v) is 14.9. The van der Waals surface area contributed by atoms with Gasteiger partial charge in [0.25, 0.3) is 5.91 Å². The topological polar surface area (TPSA) is 71.8 Å². The summed E-state index contributed by atoms with van der Waals surface area (Å²) in [6.45, 7) is 3.94. The van der Waals surface area contributed by atoms with Gasteiger partial charge in [0.05, 0.1) is 18.3 Å². The van der Waals surface area contributed by atoms with Gasteiger partial charge in [-0.15, -0.1) is 5.10 Å². The van der Waals surface area contributed by atoms with Crippen molar-refractivity contribution in [2.75, 3.05) is 13.1 Å². The Bertz CT molecular complexity index is 913. The van der Waals surface area contributed by atoms with Crippen LogP contribution in [0.25, 0.3) is 10.8 Å². The predicted octanol–water partition coefficient (Wildman–Crippen LogP) is 2.85. The van der Waals surface area contributed by atoms with Gasteiger partial charge in [0.15, 0.2) is 5.69 Å². The molecule has 6 heteroatoms. The highest BCUT2D eigenvalue weighted by molar-refractivity contribution is 5.92. The Hall–Kier alpha value is -2.73. The average molecular weight is 349 g/mol. The minimum atomic E-state index is -0.189. The van der Waals surface area contributed by atoms with Crippen LogP contribution in [0.5, 0.6) is 0 Å². The van der Waals surface area contributed by atoms with E-state index < -0.39 is 0 Å². The maximum absolute atomic E-state index is 12.5. The maximum Gasteiger partial charge on any atom is 0.273 e. The lowest BCUT2D eigenvalue weighted by Crippen LogP contribution is -2.29. The molecule has 1 aliphatic rings. The molecule has 2 N–H and O–H groups in total. The van der Waals surface area contributed by atoms with Crippen LogP contribution in [0.4, 0.5) is 0 Å². The van der Waals surface area contributed by atoms with Gasteiger partial charge in [0.2, 0.25) is 0 Å². The van der Waals surface area contributed by atoms with Crippen molar-refractivity contribution in [2.45, 2.75) is 31.8 Å². The minimum absolute atomic E-state index is 0.101. The van der Waals surface area contributed by atoms with Crippen molar-refractivity contribution in [1.29, 1.82) is 0 Å². The van der Waals surface area contributed by atoms with E-state index in [1.54, 1.807) is 6.20 Å². The summed E-state index contributed by atoms with van der Waals surface area (Å²) >= 11 is 0. The number of nitrogens with one attached hydrogen (secondary N) is 2. The van der Waals surface area contributed by atoms with Crippen LogP contribution in [0, 0.1) is 0 Å². The predicted molar refractivity (Wildman–Crippen MR) is 101 cm³/mol. The van der Waals surface area contributed by atoms with Crippen LogP contribution in [-0.4, -0.2) is 34.0 Å². The number of rotatable bonds is 4. The fourth-order valence-electron chi connectivity index (χ4n) is 3.46. The fraction of sp³-hybridized carbons (Fsp3) is 0.350. The van der Waals surface area contributed by atoms with Gasteiger partial charge in [-0.2, -0.15) is 0 Å². The standard InChI is InChI=1S/C20H23N5O/c1-14(16-7-6-15-4-2-3-5-17(15)12-16)22-20(26)19-13-25(24-23-19)18-8-10-21-11-9-18/h2-7,12-14,18,21H,8-11H2,1H3,(H,22,26). The number of fused-ring (bicyclic) bond motifs is 1. The largest absolute Gasteiger partial charge is 0.344 e. The Morgan fingerprint density at radius 1 is 1.19 bits per heavy atom. The normalized spacial score (nSPS) is 16.5. The highest BCUT2D eigenvalue weighted by atomic mass is 16.2. The van der Waals surface area contributed by atoms with E-state index in [1.807, 2.05) is 23.7 Å². The van der Waals surface area contributed by atoms with Crippen LogP contribution in [-0.2, 0) is 0 Å². The second-order valence-electron chi connectivity index (χ2n) is 6.87. The van der Waals surface area contributed by atoms with E-state index >= 15 is 0 Å². The summed E-state index contributed by atoms with van der Waals surface area (Å²) in [7, 11) is 0. The summed E-state index contributed by atoms with van der Waals surface area (Å²) in [4.78, 5) is 12.5. The molecule has 134 valence electrons. The van der Waals surface area contributed by atoms with Crippen LogP contribution >= 0.6 is 0 Å². The monoisotopic (exact) mass is 349 g/mol. The Balaban J connectivity index is 1.45. The average Bonchev–Trinajstić information content (AvgIpc) is 3.18. The van der Waals surface area contributed by atoms with Gasteiger partial charge in [0, 0.05) is 0 Å². The molecule has 0 radical (unpaired) electrons. The minimum Gasteiger partial charge on any atom is -0.344 e. The molecule has 6 nitrogen and oxygen atoms in total. The first-order valence-corrected chi connectivity index (χ1v) is 9.13. The van der Waals surface area contributed by atoms with Gasteiger partial charge in [0.1, 0.15) is 0 Å². The number of amides is 1. The SMILES string of the molecule is CC(NC(=O)c1cn(C2CCNCC2)nn1)c1ccc2ccccc2c1. The molecule has 26 heavy (non-hydrogen) atoms. The molecule has 1 saturated heterocycles. The second kappa shape index (κ2) is 7.25. The fourth-order valence-corrected chi connectivity index (χ4v) is 3.46. The van der Waals surface area contributed by atoms with Crippen molar-refractivity contribution >= 4 is 16.7 Å². The summed E-state index contributed by atoms with van der Waals surface area (Å²) < 4.78 is 1.83. The molecule has 1 aliphatic heterocycles. The van der Waals surface area contributed by atoms with Gasteiger partial charge < -0.3 is 10.6 Å². The molecule has 2 heterocycles. The molecule has 1 atom stereocenters. The van der Waals surface area contributed by atoms with Crippen molar-refractivity contribution < 1.29 is 4.79 Å². The smallest absolute Gasteiger partial charge is 0.273 e. The Labute approximate surface area is 152 Å². The third-order valence-corrected chi connectivity index (χ3v) is 5.05. The van der Waals surface area contributed by atoms with E-state index in [1.165, 1.54) is 10.8 Å². The number of carbonyl (C=O) groups is 1. The molecular weight excluding hydrogens is 326 g/mol. The lowest BCUT2D eigenvalue weighted by atomic mass is 10.0. The lowest BCUT2D eigenvalue weighted by Gasteiger charge is -2.22. The third-order valence-electron chi connectivity index (χ3n) is 5.05. The first-order chi connectivity index (χ1) is 12.7. The third kappa shape index (κ3) is 3.46. The number of carbonyl (C=O) groups excluding carboxylic acids is 1. The van der Waals surface area contributed by atoms with Gasteiger partial charge in [-0.1, -0.05) is 41.6 Å². The molecule has 3 aromatic rings. The molecule has 4 rings (SSSR count). The summed E-state index contributed by atoms with van der Waals surface area (Å²) in [5.74, 6) is -0.189. The Morgan fingerprint density at radius 2 is 1.96 bits per heavy atom. The van der Waals surface area contributed by atoms with Gasteiger partial charge in [-0.25, -0.2) is 4.68 Å². The number of hydrogen-bond donors (Lipinski definition) is 2. The number of nitrogens with zero attached hydrogens (tertiary/aromatic N) is 3. The number of benzene rings is 2. The van der Waals surface area contributed by atoms with Gasteiger partial charge >= 0.3 is 0 Å². The van der Waals surface area contributed by atoms with E-state index in [0.717, 1.165) is 31.5 Å². The Morgan fingerprint density at radius 3 is 2.77 bits per heavy atom. The molecule has 0 spiro atoms. The summed E-state index contributed by atoms with van der Waals surface area (Å²) in [6, 6.07) is 14.7. The van der Waals surface area contributed by atoms with Crippen LogP contribution in [0.3, 0.4) is 0 Å². The van der Waals surface area contributed by atoms with E-state index in [0.29, 0.717) is 11.7 Å².